The predicted molar refractivity (Wildman–Crippen MR) is 121 cm³/mol. The number of aromatic hydroxyl groups is 1. The third kappa shape index (κ3) is 3.47. The lowest BCUT2D eigenvalue weighted by molar-refractivity contribution is -0.139. The number of aryl methyl sites for hydroxylation is 1. The van der Waals surface area contributed by atoms with Crippen molar-refractivity contribution in [3.05, 3.63) is 59.2 Å². The van der Waals surface area contributed by atoms with Crippen molar-refractivity contribution < 1.29 is 24.5 Å². The number of fused-ring (bicyclic) bond motifs is 5. The van der Waals surface area contributed by atoms with Gasteiger partial charge in [0, 0.05) is 7.11 Å². The van der Waals surface area contributed by atoms with Crippen LogP contribution in [0, 0.1) is 17.3 Å². The van der Waals surface area contributed by atoms with E-state index in [1.165, 1.54) is 23.1 Å². The van der Waals surface area contributed by atoms with Crippen molar-refractivity contribution in [1.82, 2.24) is 0 Å². The second kappa shape index (κ2) is 8.11. The van der Waals surface area contributed by atoms with Gasteiger partial charge in [-0.15, -0.1) is 0 Å². The monoisotopic (exact) mass is 436 g/mol. The molecule has 5 heteroatoms. The minimum absolute atomic E-state index is 0.146. The van der Waals surface area contributed by atoms with Crippen molar-refractivity contribution in [3.8, 4) is 11.5 Å². The number of hydrogen-bond donors (Lipinski definition) is 2. The van der Waals surface area contributed by atoms with Crippen molar-refractivity contribution in [1.29, 1.82) is 0 Å². The van der Waals surface area contributed by atoms with Crippen LogP contribution in [-0.4, -0.2) is 36.0 Å². The van der Waals surface area contributed by atoms with Gasteiger partial charge in [-0.25, -0.2) is 4.79 Å². The van der Waals surface area contributed by atoms with Crippen molar-refractivity contribution in [2.45, 2.75) is 57.0 Å². The zero-order chi connectivity index (χ0) is 22.5. The van der Waals surface area contributed by atoms with Gasteiger partial charge in [-0.2, -0.15) is 0 Å². The summed E-state index contributed by atoms with van der Waals surface area (Å²) in [6.45, 7) is 2.10. The van der Waals surface area contributed by atoms with Gasteiger partial charge in [0.25, 0.3) is 0 Å². The lowest BCUT2D eigenvalue weighted by Crippen LogP contribution is -2.47. The van der Waals surface area contributed by atoms with Gasteiger partial charge in [0.1, 0.15) is 11.5 Å². The maximum Gasteiger partial charge on any atom is 0.341 e. The fraction of sp³-hybridized carbons (Fsp3) is 0.519. The Labute approximate surface area is 189 Å². The largest absolute Gasteiger partial charge is 0.508 e. The Balaban J connectivity index is 1.54. The molecule has 0 aliphatic heterocycles. The van der Waals surface area contributed by atoms with E-state index in [0.29, 0.717) is 35.2 Å². The molecule has 0 amide bonds. The van der Waals surface area contributed by atoms with Gasteiger partial charge in [0.2, 0.25) is 0 Å². The van der Waals surface area contributed by atoms with Crippen LogP contribution in [0.2, 0.25) is 0 Å². The quantitative estimate of drug-likeness (QED) is 0.680. The Kier molecular flexibility index (Phi) is 5.40. The van der Waals surface area contributed by atoms with Crippen LogP contribution in [-0.2, 0) is 16.0 Å². The van der Waals surface area contributed by atoms with E-state index in [9.17, 15) is 9.90 Å². The number of carboxylic acid groups (broad SMARTS) is 1. The second-order valence-corrected chi connectivity index (χ2v) is 10.1. The van der Waals surface area contributed by atoms with E-state index in [1.807, 2.05) is 31.4 Å². The molecule has 0 spiro atoms. The highest BCUT2D eigenvalue weighted by atomic mass is 16.5. The van der Waals surface area contributed by atoms with Gasteiger partial charge in [-0.05, 0) is 102 Å². The molecule has 3 unspecified atom stereocenters. The van der Waals surface area contributed by atoms with Gasteiger partial charge >= 0.3 is 5.97 Å². The van der Waals surface area contributed by atoms with Crippen LogP contribution in [0.25, 0.3) is 0 Å². The number of methoxy groups -OCH3 is 1. The Morgan fingerprint density at radius 1 is 1.12 bits per heavy atom. The molecule has 3 aliphatic carbocycles. The zero-order valence-corrected chi connectivity index (χ0v) is 18.8. The molecule has 2 N–H and O–H groups in total. The Morgan fingerprint density at radius 3 is 2.62 bits per heavy atom. The third-order valence-electron chi connectivity index (χ3n) is 8.58. The molecule has 32 heavy (non-hydrogen) atoms. The van der Waals surface area contributed by atoms with E-state index in [-0.39, 0.29) is 18.1 Å². The summed E-state index contributed by atoms with van der Waals surface area (Å²) in [6, 6.07) is 13.9. The predicted octanol–water partition coefficient (Wildman–Crippen LogP) is 5.12. The van der Waals surface area contributed by atoms with E-state index in [0.717, 1.165) is 25.7 Å². The summed E-state index contributed by atoms with van der Waals surface area (Å²) in [4.78, 5) is 10.8. The number of phenols is 1. The van der Waals surface area contributed by atoms with Gasteiger partial charge < -0.3 is 19.7 Å². The van der Waals surface area contributed by atoms with Crippen molar-refractivity contribution in [2.24, 2.45) is 17.3 Å². The molecule has 2 aromatic carbocycles. The molecule has 3 aliphatic rings. The fourth-order valence-corrected chi connectivity index (χ4v) is 7.32. The zero-order valence-electron chi connectivity index (χ0n) is 18.8. The maximum absolute atomic E-state index is 10.8. The smallest absolute Gasteiger partial charge is 0.341 e. The van der Waals surface area contributed by atoms with E-state index >= 15 is 0 Å². The molecular weight excluding hydrogens is 404 g/mol. The Hall–Kier alpha value is -2.53. The molecule has 2 saturated carbocycles. The Morgan fingerprint density at radius 2 is 1.91 bits per heavy atom. The number of aliphatic carboxylic acids is 1. The van der Waals surface area contributed by atoms with E-state index < -0.39 is 5.97 Å². The molecule has 0 saturated heterocycles. The standard InChI is InChI=1S/C27H32O5/c1-27-14-22(16-3-7-19(8-4-16)32-15-25(29)30)26-20-10-6-18(28)13-17(20)5-9-21(26)23(27)11-12-24(27)31-2/h3-4,6-8,10,13,21-24,26,28H,5,9,11-12,14-15H2,1-2H3,(H,29,30)/t21?,22-,23?,24+,26?,27+/m1/s1. The summed E-state index contributed by atoms with van der Waals surface area (Å²) >= 11 is 0. The summed E-state index contributed by atoms with van der Waals surface area (Å²) in [7, 11) is 1.85. The molecule has 5 rings (SSSR count). The van der Waals surface area contributed by atoms with Gasteiger partial charge in [0.15, 0.2) is 6.61 Å². The van der Waals surface area contributed by atoms with Crippen LogP contribution in [0.15, 0.2) is 42.5 Å². The average molecular weight is 437 g/mol. The summed E-state index contributed by atoms with van der Waals surface area (Å²) in [5.41, 5.74) is 4.08. The summed E-state index contributed by atoms with van der Waals surface area (Å²) < 4.78 is 11.4. The van der Waals surface area contributed by atoms with Crippen molar-refractivity contribution in [2.75, 3.05) is 13.7 Å². The van der Waals surface area contributed by atoms with Gasteiger partial charge in [-0.1, -0.05) is 25.1 Å². The molecule has 170 valence electrons. The van der Waals surface area contributed by atoms with Crippen LogP contribution in [0.3, 0.4) is 0 Å². The van der Waals surface area contributed by atoms with E-state index in [2.05, 4.69) is 25.1 Å². The van der Waals surface area contributed by atoms with Gasteiger partial charge in [0.05, 0.1) is 6.10 Å². The maximum atomic E-state index is 10.8. The highest BCUT2D eigenvalue weighted by Gasteiger charge is 2.58. The van der Waals surface area contributed by atoms with Crippen LogP contribution in [0.4, 0.5) is 0 Å². The van der Waals surface area contributed by atoms with Gasteiger partial charge in [-0.3, -0.25) is 0 Å². The first-order chi connectivity index (χ1) is 15.4. The first kappa shape index (κ1) is 21.3. The molecule has 2 aromatic rings. The summed E-state index contributed by atoms with van der Waals surface area (Å²) in [6.07, 6.45) is 5.86. The first-order valence-corrected chi connectivity index (χ1v) is 11.7. The fourth-order valence-electron chi connectivity index (χ4n) is 7.32. The van der Waals surface area contributed by atoms with Crippen LogP contribution < -0.4 is 4.74 Å². The third-order valence-corrected chi connectivity index (χ3v) is 8.58. The first-order valence-electron chi connectivity index (χ1n) is 11.7. The molecule has 0 radical (unpaired) electrons. The lowest BCUT2D eigenvalue weighted by Gasteiger charge is -2.54. The lowest BCUT2D eigenvalue weighted by atomic mass is 9.51. The minimum atomic E-state index is -0.975. The molecule has 0 heterocycles. The number of phenolic OH excluding ortho intramolecular Hbond substituents is 1. The molecule has 0 aromatic heterocycles. The molecule has 2 fully saturated rings. The number of rotatable bonds is 5. The number of carbonyl (C=O) groups is 1. The highest BCUT2D eigenvalue weighted by molar-refractivity contribution is 5.68. The normalized spacial score (nSPS) is 33.1. The number of hydrogen-bond acceptors (Lipinski definition) is 4. The molecular formula is C27H32O5. The molecule has 0 bridgehead atoms. The van der Waals surface area contributed by atoms with Crippen molar-refractivity contribution >= 4 is 5.97 Å². The van der Waals surface area contributed by atoms with Crippen LogP contribution in [0.5, 0.6) is 11.5 Å². The van der Waals surface area contributed by atoms with E-state index in [1.54, 1.807) is 0 Å². The highest BCUT2D eigenvalue weighted by Crippen LogP contribution is 2.65. The number of benzene rings is 2. The number of ether oxygens (including phenoxy) is 2. The van der Waals surface area contributed by atoms with Crippen molar-refractivity contribution in [3.63, 3.8) is 0 Å². The SMILES string of the molecule is CO[C@H]1CCC2C3CCc4cc(O)ccc4C3[C@@H](c3ccc(OCC(=O)O)cc3)C[C@@]21C. The number of carboxylic acids is 1. The minimum Gasteiger partial charge on any atom is -0.508 e. The molecule has 6 atom stereocenters. The second-order valence-electron chi connectivity index (χ2n) is 10.1. The van der Waals surface area contributed by atoms with Crippen LogP contribution in [0.1, 0.15) is 61.1 Å². The molecule has 5 nitrogen and oxygen atoms in total. The topological polar surface area (TPSA) is 76.0 Å². The Bertz CT molecular complexity index is 1000. The summed E-state index contributed by atoms with van der Waals surface area (Å²) in [5, 5.41) is 19.0. The average Bonchev–Trinajstić information content (AvgIpc) is 3.13. The summed E-state index contributed by atoms with van der Waals surface area (Å²) in [5.74, 6) is 1.95. The van der Waals surface area contributed by atoms with E-state index in [4.69, 9.17) is 14.6 Å². The van der Waals surface area contributed by atoms with Crippen LogP contribution >= 0.6 is 0 Å².